The molecule has 1 amide bonds. The van der Waals surface area contributed by atoms with E-state index >= 15 is 0 Å². The molecular weight excluding hydrogens is 238 g/mol. The first-order valence-corrected chi connectivity index (χ1v) is 5.49. The van der Waals surface area contributed by atoms with E-state index in [9.17, 15) is 9.59 Å². The highest BCUT2D eigenvalue weighted by Gasteiger charge is 1.98. The Kier molecular flexibility index (Phi) is 5.25. The van der Waals surface area contributed by atoms with Gasteiger partial charge in [0.2, 0.25) is 5.91 Å². The van der Waals surface area contributed by atoms with Gasteiger partial charge in [-0.15, -0.1) is 0 Å². The van der Waals surface area contributed by atoms with Crippen molar-refractivity contribution in [3.63, 3.8) is 0 Å². The van der Waals surface area contributed by atoms with Gasteiger partial charge in [0.15, 0.2) is 6.29 Å². The Morgan fingerprint density at radius 2 is 2.29 bits per heavy atom. The summed E-state index contributed by atoms with van der Waals surface area (Å²) in [5.74, 6) is 5.66. The van der Waals surface area contributed by atoms with Crippen LogP contribution in [0.2, 0.25) is 5.02 Å². The molecule has 0 fully saturated rings. The normalized spacial score (nSPS) is 9.06. The van der Waals surface area contributed by atoms with E-state index < -0.39 is 0 Å². The molecule has 0 spiro atoms. The summed E-state index contributed by atoms with van der Waals surface area (Å²) in [5.41, 5.74) is 1.12. The molecule has 0 aromatic heterocycles. The lowest BCUT2D eigenvalue weighted by Gasteiger charge is -1.97. The highest BCUT2D eigenvalue weighted by Crippen LogP contribution is 2.13. The Balaban J connectivity index is 2.67. The van der Waals surface area contributed by atoms with Crippen molar-refractivity contribution in [2.75, 3.05) is 6.54 Å². The SMILES string of the molecule is CC(=O)NCCC#Cc1cc(Cl)ccc1C=O. The second-order valence-electron chi connectivity index (χ2n) is 3.38. The zero-order valence-corrected chi connectivity index (χ0v) is 10.2. The molecule has 1 rings (SSSR count). The highest BCUT2D eigenvalue weighted by molar-refractivity contribution is 6.30. The quantitative estimate of drug-likeness (QED) is 0.506. The van der Waals surface area contributed by atoms with Gasteiger partial charge in [-0.25, -0.2) is 0 Å². The molecular formula is C13H12ClNO2. The van der Waals surface area contributed by atoms with Gasteiger partial charge in [-0.05, 0) is 18.2 Å². The minimum Gasteiger partial charge on any atom is -0.355 e. The van der Waals surface area contributed by atoms with E-state index in [1.165, 1.54) is 6.92 Å². The molecule has 1 aromatic carbocycles. The molecule has 0 radical (unpaired) electrons. The maximum absolute atomic E-state index is 10.7. The van der Waals surface area contributed by atoms with E-state index in [0.29, 0.717) is 29.1 Å². The summed E-state index contributed by atoms with van der Waals surface area (Å²) in [7, 11) is 0. The first-order valence-electron chi connectivity index (χ1n) is 5.11. The van der Waals surface area contributed by atoms with Gasteiger partial charge in [0, 0.05) is 36.0 Å². The average molecular weight is 250 g/mol. The van der Waals surface area contributed by atoms with Crippen molar-refractivity contribution in [1.29, 1.82) is 0 Å². The lowest BCUT2D eigenvalue weighted by Crippen LogP contribution is -2.20. The summed E-state index contributed by atoms with van der Waals surface area (Å²) in [5, 5.41) is 3.18. The fourth-order valence-corrected chi connectivity index (χ4v) is 1.37. The topological polar surface area (TPSA) is 46.2 Å². The molecule has 0 unspecified atom stereocenters. The summed E-state index contributed by atoms with van der Waals surface area (Å²) in [4.78, 5) is 21.3. The number of halogens is 1. The maximum atomic E-state index is 10.7. The summed E-state index contributed by atoms with van der Waals surface area (Å²) in [6.45, 7) is 1.95. The number of hydrogen-bond donors (Lipinski definition) is 1. The monoisotopic (exact) mass is 249 g/mol. The smallest absolute Gasteiger partial charge is 0.216 e. The van der Waals surface area contributed by atoms with Crippen LogP contribution in [0.15, 0.2) is 18.2 Å². The van der Waals surface area contributed by atoms with Crippen LogP contribution >= 0.6 is 11.6 Å². The summed E-state index contributed by atoms with van der Waals surface area (Å²) >= 11 is 5.81. The van der Waals surface area contributed by atoms with E-state index in [1.807, 2.05) is 0 Å². The standard InChI is InChI=1S/C13H12ClNO2/c1-10(17)15-7-3-2-4-11-8-13(14)6-5-12(11)9-16/h5-6,8-9H,3,7H2,1H3,(H,15,17). The van der Waals surface area contributed by atoms with E-state index in [-0.39, 0.29) is 5.91 Å². The lowest BCUT2D eigenvalue weighted by molar-refractivity contribution is -0.118. The molecule has 17 heavy (non-hydrogen) atoms. The van der Waals surface area contributed by atoms with Gasteiger partial charge in [-0.3, -0.25) is 9.59 Å². The summed E-state index contributed by atoms with van der Waals surface area (Å²) in [6, 6.07) is 4.93. The lowest BCUT2D eigenvalue weighted by atomic mass is 10.1. The van der Waals surface area contributed by atoms with Crippen molar-refractivity contribution in [2.45, 2.75) is 13.3 Å². The number of carbonyl (C=O) groups excluding carboxylic acids is 2. The highest BCUT2D eigenvalue weighted by atomic mass is 35.5. The third kappa shape index (κ3) is 4.71. The zero-order valence-electron chi connectivity index (χ0n) is 9.42. The minimum atomic E-state index is -0.0804. The van der Waals surface area contributed by atoms with Crippen LogP contribution in [-0.4, -0.2) is 18.7 Å². The molecule has 88 valence electrons. The van der Waals surface area contributed by atoms with Crippen molar-refractivity contribution in [2.24, 2.45) is 0 Å². The first-order chi connectivity index (χ1) is 8.13. The number of aldehydes is 1. The van der Waals surface area contributed by atoms with Crippen LogP contribution in [0, 0.1) is 11.8 Å². The molecule has 0 saturated heterocycles. The van der Waals surface area contributed by atoms with Gasteiger partial charge in [0.1, 0.15) is 0 Å². The first kappa shape index (κ1) is 13.3. The Morgan fingerprint density at radius 3 is 2.94 bits per heavy atom. The Bertz CT molecular complexity index is 486. The number of rotatable bonds is 3. The van der Waals surface area contributed by atoms with E-state index in [0.717, 1.165) is 6.29 Å². The maximum Gasteiger partial charge on any atom is 0.216 e. The largest absolute Gasteiger partial charge is 0.355 e. The number of carbonyl (C=O) groups is 2. The van der Waals surface area contributed by atoms with Crippen LogP contribution in [0.5, 0.6) is 0 Å². The van der Waals surface area contributed by atoms with Crippen molar-refractivity contribution in [1.82, 2.24) is 5.32 Å². The molecule has 0 heterocycles. The molecule has 0 aliphatic heterocycles. The van der Waals surface area contributed by atoms with Gasteiger partial charge in [0.05, 0.1) is 0 Å². The number of nitrogens with one attached hydrogen (secondary N) is 1. The van der Waals surface area contributed by atoms with Gasteiger partial charge >= 0.3 is 0 Å². The van der Waals surface area contributed by atoms with Gasteiger partial charge in [0.25, 0.3) is 0 Å². The predicted molar refractivity (Wildman–Crippen MR) is 67.0 cm³/mol. The van der Waals surface area contributed by atoms with Gasteiger partial charge in [-0.1, -0.05) is 23.4 Å². The Morgan fingerprint density at radius 1 is 1.53 bits per heavy atom. The fourth-order valence-electron chi connectivity index (χ4n) is 1.20. The van der Waals surface area contributed by atoms with Crippen molar-refractivity contribution >= 4 is 23.8 Å². The second-order valence-corrected chi connectivity index (χ2v) is 3.82. The molecule has 1 N–H and O–H groups in total. The van der Waals surface area contributed by atoms with E-state index in [2.05, 4.69) is 17.2 Å². The Labute approximate surface area is 105 Å². The molecule has 0 saturated carbocycles. The third-order valence-electron chi connectivity index (χ3n) is 1.99. The number of benzene rings is 1. The Hall–Kier alpha value is -1.79. The molecule has 0 atom stereocenters. The number of amides is 1. The average Bonchev–Trinajstić information content (AvgIpc) is 2.28. The van der Waals surface area contributed by atoms with Crippen LogP contribution in [0.3, 0.4) is 0 Å². The summed E-state index contributed by atoms with van der Waals surface area (Å²) in [6.07, 6.45) is 1.28. The van der Waals surface area contributed by atoms with Crippen molar-refractivity contribution in [3.8, 4) is 11.8 Å². The molecule has 3 nitrogen and oxygen atoms in total. The van der Waals surface area contributed by atoms with Gasteiger partial charge < -0.3 is 5.32 Å². The van der Waals surface area contributed by atoms with Crippen LogP contribution in [0.4, 0.5) is 0 Å². The zero-order chi connectivity index (χ0) is 12.7. The van der Waals surface area contributed by atoms with Crippen LogP contribution in [-0.2, 0) is 4.79 Å². The predicted octanol–water partition coefficient (Wildman–Crippen LogP) is 2.03. The second kappa shape index (κ2) is 6.72. The van der Waals surface area contributed by atoms with Crippen LogP contribution in [0.25, 0.3) is 0 Å². The van der Waals surface area contributed by atoms with Crippen LogP contribution < -0.4 is 5.32 Å². The molecule has 4 heteroatoms. The molecule has 0 bridgehead atoms. The molecule has 0 aliphatic carbocycles. The van der Waals surface area contributed by atoms with Crippen LogP contribution in [0.1, 0.15) is 29.3 Å². The van der Waals surface area contributed by atoms with E-state index in [4.69, 9.17) is 11.6 Å². The van der Waals surface area contributed by atoms with Crippen molar-refractivity contribution in [3.05, 3.63) is 34.3 Å². The van der Waals surface area contributed by atoms with E-state index in [1.54, 1.807) is 18.2 Å². The number of hydrogen-bond acceptors (Lipinski definition) is 2. The molecule has 0 aliphatic rings. The molecule has 1 aromatic rings. The van der Waals surface area contributed by atoms with Crippen molar-refractivity contribution < 1.29 is 9.59 Å². The van der Waals surface area contributed by atoms with Gasteiger partial charge in [-0.2, -0.15) is 0 Å². The minimum absolute atomic E-state index is 0.0804. The third-order valence-corrected chi connectivity index (χ3v) is 2.22. The summed E-state index contributed by atoms with van der Waals surface area (Å²) < 4.78 is 0. The fraction of sp³-hybridized carbons (Fsp3) is 0.231.